The number of nitrogens with one attached hydrogen (secondary N) is 1. The summed E-state index contributed by atoms with van der Waals surface area (Å²) in [6, 6.07) is 8.03. The van der Waals surface area contributed by atoms with Gasteiger partial charge in [0, 0.05) is 65.0 Å². The van der Waals surface area contributed by atoms with Crippen molar-refractivity contribution in [1.82, 2.24) is 19.2 Å². The molecule has 148 valence electrons. The van der Waals surface area contributed by atoms with Crippen molar-refractivity contribution in [2.45, 2.75) is 6.54 Å². The number of hydrogen-bond donors (Lipinski definition) is 1. The summed E-state index contributed by atoms with van der Waals surface area (Å²) in [5.74, 6) is 0. The molecule has 0 spiro atoms. The minimum absolute atomic E-state index is 0.0554. The summed E-state index contributed by atoms with van der Waals surface area (Å²) in [7, 11) is 3.61. The molecule has 1 fully saturated rings. The van der Waals surface area contributed by atoms with E-state index in [9.17, 15) is 4.79 Å². The quantitative estimate of drug-likeness (QED) is 0.736. The zero-order valence-corrected chi connectivity index (χ0v) is 16.3. The average molecular weight is 382 g/mol. The van der Waals surface area contributed by atoms with Crippen LogP contribution in [0.5, 0.6) is 0 Å². The first-order valence-electron chi connectivity index (χ1n) is 9.51. The van der Waals surface area contributed by atoms with E-state index in [0.717, 1.165) is 41.9 Å². The van der Waals surface area contributed by atoms with Gasteiger partial charge >= 0.3 is 6.03 Å². The van der Waals surface area contributed by atoms with Gasteiger partial charge in [0.1, 0.15) is 0 Å². The van der Waals surface area contributed by atoms with Crippen molar-refractivity contribution < 1.29 is 9.53 Å². The molecular formula is C20H26N6O2. The number of piperazine rings is 1. The zero-order valence-electron chi connectivity index (χ0n) is 16.3. The smallest absolute Gasteiger partial charge is 0.321 e. The van der Waals surface area contributed by atoms with Gasteiger partial charge in [-0.25, -0.2) is 4.79 Å². The van der Waals surface area contributed by atoms with E-state index >= 15 is 0 Å². The molecule has 0 radical (unpaired) electrons. The molecule has 0 bridgehead atoms. The van der Waals surface area contributed by atoms with Gasteiger partial charge in [-0.15, -0.1) is 0 Å². The maximum atomic E-state index is 12.7. The summed E-state index contributed by atoms with van der Waals surface area (Å²) < 4.78 is 9.11. The Morgan fingerprint density at radius 2 is 2.04 bits per heavy atom. The number of aromatic nitrogens is 3. The van der Waals surface area contributed by atoms with Crippen LogP contribution >= 0.6 is 0 Å². The van der Waals surface area contributed by atoms with E-state index in [4.69, 9.17) is 4.74 Å². The van der Waals surface area contributed by atoms with Crippen molar-refractivity contribution in [3.05, 3.63) is 42.9 Å². The maximum absolute atomic E-state index is 12.7. The summed E-state index contributed by atoms with van der Waals surface area (Å²) in [5, 5.41) is 8.42. The topological polar surface area (TPSA) is 67.6 Å². The second kappa shape index (κ2) is 7.93. The molecule has 0 atom stereocenters. The number of fused-ring (bicyclic) bond motifs is 1. The van der Waals surface area contributed by atoms with Crippen molar-refractivity contribution in [1.29, 1.82) is 0 Å². The first-order chi connectivity index (χ1) is 13.6. The van der Waals surface area contributed by atoms with Gasteiger partial charge in [-0.3, -0.25) is 4.68 Å². The number of rotatable bonds is 5. The van der Waals surface area contributed by atoms with Crippen molar-refractivity contribution in [3.8, 4) is 0 Å². The number of hydrogen-bond acceptors (Lipinski definition) is 4. The van der Waals surface area contributed by atoms with E-state index in [1.165, 1.54) is 0 Å². The Morgan fingerprint density at radius 3 is 2.75 bits per heavy atom. The first kappa shape index (κ1) is 18.4. The number of urea groups is 1. The van der Waals surface area contributed by atoms with Crippen LogP contribution in [0.4, 0.5) is 16.2 Å². The summed E-state index contributed by atoms with van der Waals surface area (Å²) in [6.45, 7) is 4.42. The molecule has 1 aliphatic rings. The predicted octanol–water partition coefficient (Wildman–Crippen LogP) is 2.38. The first-order valence-corrected chi connectivity index (χ1v) is 9.51. The van der Waals surface area contributed by atoms with Gasteiger partial charge in [0.15, 0.2) is 0 Å². The Bertz CT molecular complexity index is 955. The van der Waals surface area contributed by atoms with E-state index in [2.05, 4.69) is 25.9 Å². The molecule has 0 saturated carbocycles. The zero-order chi connectivity index (χ0) is 19.5. The Labute approximate surface area is 164 Å². The fourth-order valence-electron chi connectivity index (χ4n) is 3.59. The number of nitrogens with zero attached hydrogens (tertiary/aromatic N) is 5. The average Bonchev–Trinajstić information content (AvgIpc) is 3.32. The van der Waals surface area contributed by atoms with Crippen LogP contribution < -0.4 is 10.2 Å². The van der Waals surface area contributed by atoms with Gasteiger partial charge in [-0.2, -0.15) is 5.10 Å². The summed E-state index contributed by atoms with van der Waals surface area (Å²) in [4.78, 5) is 16.8. The monoisotopic (exact) mass is 382 g/mol. The van der Waals surface area contributed by atoms with Gasteiger partial charge in [-0.05, 0) is 23.6 Å². The van der Waals surface area contributed by atoms with E-state index in [-0.39, 0.29) is 6.03 Å². The highest BCUT2D eigenvalue weighted by Crippen LogP contribution is 2.21. The van der Waals surface area contributed by atoms with Crippen molar-refractivity contribution >= 4 is 28.3 Å². The number of ether oxygens (including phenoxy) is 1. The molecular weight excluding hydrogens is 356 g/mol. The van der Waals surface area contributed by atoms with E-state index < -0.39 is 0 Å². The van der Waals surface area contributed by atoms with Gasteiger partial charge in [-0.1, -0.05) is 6.07 Å². The van der Waals surface area contributed by atoms with E-state index in [0.29, 0.717) is 19.7 Å². The molecule has 1 N–H and O–H groups in total. The molecule has 1 saturated heterocycles. The molecule has 2 amide bonds. The van der Waals surface area contributed by atoms with Crippen LogP contribution in [0.3, 0.4) is 0 Å². The van der Waals surface area contributed by atoms with Crippen LogP contribution in [0, 0.1) is 0 Å². The minimum Gasteiger partial charge on any atom is -0.383 e. The highest BCUT2D eigenvalue weighted by Gasteiger charge is 2.22. The third kappa shape index (κ3) is 3.82. The molecule has 0 aliphatic carbocycles. The minimum atomic E-state index is -0.0554. The number of carbonyl (C=O) groups is 1. The van der Waals surface area contributed by atoms with E-state index in [1.807, 2.05) is 48.7 Å². The van der Waals surface area contributed by atoms with Gasteiger partial charge < -0.3 is 24.4 Å². The number of aryl methyl sites for hydroxylation is 1. The molecule has 28 heavy (non-hydrogen) atoms. The van der Waals surface area contributed by atoms with Crippen LogP contribution in [-0.2, 0) is 18.3 Å². The fraction of sp³-hybridized carbons (Fsp3) is 0.400. The van der Waals surface area contributed by atoms with Crippen molar-refractivity contribution in [2.75, 3.05) is 50.1 Å². The predicted molar refractivity (Wildman–Crippen MR) is 110 cm³/mol. The number of benzene rings is 1. The van der Waals surface area contributed by atoms with Gasteiger partial charge in [0.05, 0.1) is 24.0 Å². The lowest BCUT2D eigenvalue weighted by Gasteiger charge is -2.35. The summed E-state index contributed by atoms with van der Waals surface area (Å²) in [5.41, 5.74) is 3.01. The number of methoxy groups -OCH3 is 1. The second-order valence-electron chi connectivity index (χ2n) is 7.05. The molecule has 1 aromatic carbocycles. The Kier molecular flexibility index (Phi) is 5.21. The summed E-state index contributed by atoms with van der Waals surface area (Å²) in [6.07, 6.45) is 5.92. The van der Waals surface area contributed by atoms with Crippen molar-refractivity contribution in [3.63, 3.8) is 0 Å². The highest BCUT2D eigenvalue weighted by molar-refractivity contribution is 5.93. The molecule has 2 aromatic heterocycles. The number of anilines is 2. The number of amides is 2. The molecule has 8 nitrogen and oxygen atoms in total. The van der Waals surface area contributed by atoms with Crippen molar-refractivity contribution in [2.24, 2.45) is 7.05 Å². The largest absolute Gasteiger partial charge is 0.383 e. The lowest BCUT2D eigenvalue weighted by Crippen LogP contribution is -2.50. The van der Waals surface area contributed by atoms with Crippen LogP contribution in [0.2, 0.25) is 0 Å². The SMILES string of the molecule is COCCn1ccc2ccc(NC(=O)N3CCN(c4cnn(C)c4)CC3)cc21. The van der Waals surface area contributed by atoms with Gasteiger partial charge in [0.2, 0.25) is 0 Å². The standard InChI is InChI=1S/C20H26N6O2/c1-23-15-18(14-21-23)24-7-9-26(10-8-24)20(27)22-17-4-3-16-5-6-25(11-12-28-2)19(16)13-17/h3-6,13-15H,7-12H2,1-2H3,(H,22,27). The fourth-order valence-corrected chi connectivity index (χ4v) is 3.59. The molecule has 8 heteroatoms. The van der Waals surface area contributed by atoms with Crippen LogP contribution in [-0.4, -0.2) is 65.2 Å². The lowest BCUT2D eigenvalue weighted by molar-refractivity contribution is 0.188. The van der Waals surface area contributed by atoms with Crippen LogP contribution in [0.25, 0.3) is 10.9 Å². The second-order valence-corrected chi connectivity index (χ2v) is 7.05. The van der Waals surface area contributed by atoms with E-state index in [1.54, 1.807) is 11.8 Å². The third-order valence-corrected chi connectivity index (χ3v) is 5.18. The Balaban J connectivity index is 1.38. The summed E-state index contributed by atoms with van der Waals surface area (Å²) >= 11 is 0. The highest BCUT2D eigenvalue weighted by atomic mass is 16.5. The molecule has 0 unspecified atom stereocenters. The van der Waals surface area contributed by atoms with Crippen LogP contribution in [0.1, 0.15) is 0 Å². The molecule has 3 heterocycles. The van der Waals surface area contributed by atoms with Gasteiger partial charge in [0.25, 0.3) is 0 Å². The normalized spacial score (nSPS) is 14.6. The van der Waals surface area contributed by atoms with Crippen LogP contribution in [0.15, 0.2) is 42.9 Å². The number of carbonyl (C=O) groups excluding carboxylic acids is 1. The lowest BCUT2D eigenvalue weighted by atomic mass is 10.2. The Hall–Kier alpha value is -3.00. The maximum Gasteiger partial charge on any atom is 0.321 e. The Morgan fingerprint density at radius 1 is 1.21 bits per heavy atom. The molecule has 4 rings (SSSR count). The molecule has 3 aromatic rings. The third-order valence-electron chi connectivity index (χ3n) is 5.18. The molecule has 1 aliphatic heterocycles.